The maximum Gasteiger partial charge on any atom is 0.262 e. The summed E-state index contributed by atoms with van der Waals surface area (Å²) < 4.78 is 33.1. The van der Waals surface area contributed by atoms with Gasteiger partial charge in [-0.2, -0.15) is 0 Å². The van der Waals surface area contributed by atoms with Crippen molar-refractivity contribution in [2.45, 2.75) is 24.3 Å². The number of methoxy groups -OCH3 is 1. The Bertz CT molecular complexity index is 879. The highest BCUT2D eigenvalue weighted by Gasteiger charge is 2.37. The number of benzene rings is 1. The molecule has 0 spiro atoms. The van der Waals surface area contributed by atoms with Gasteiger partial charge in [-0.15, -0.1) is 11.3 Å². The van der Waals surface area contributed by atoms with Gasteiger partial charge in [-0.3, -0.25) is 9.52 Å². The molecule has 1 atom stereocenters. The van der Waals surface area contributed by atoms with Crippen LogP contribution in [0.5, 0.6) is 0 Å². The van der Waals surface area contributed by atoms with Gasteiger partial charge >= 0.3 is 0 Å². The molecular formula is C15H17ClN2O4S2. The van der Waals surface area contributed by atoms with Crippen molar-refractivity contribution in [3.63, 3.8) is 0 Å². The molecule has 0 aliphatic carbocycles. The van der Waals surface area contributed by atoms with Crippen molar-refractivity contribution in [1.82, 2.24) is 0 Å². The van der Waals surface area contributed by atoms with Gasteiger partial charge in [-0.05, 0) is 43.0 Å². The van der Waals surface area contributed by atoms with Crippen molar-refractivity contribution in [2.75, 3.05) is 11.8 Å². The van der Waals surface area contributed by atoms with Gasteiger partial charge in [-0.1, -0.05) is 17.7 Å². The number of sulfonamides is 1. The first-order valence-corrected chi connectivity index (χ1v) is 9.58. The van der Waals surface area contributed by atoms with E-state index in [4.69, 9.17) is 22.1 Å². The number of halogens is 1. The fourth-order valence-electron chi connectivity index (χ4n) is 2.14. The van der Waals surface area contributed by atoms with Crippen molar-refractivity contribution >= 4 is 44.6 Å². The Morgan fingerprint density at radius 3 is 2.62 bits per heavy atom. The molecule has 3 N–H and O–H groups in total. The van der Waals surface area contributed by atoms with Crippen LogP contribution in [0.25, 0.3) is 0 Å². The third kappa shape index (κ3) is 3.27. The summed E-state index contributed by atoms with van der Waals surface area (Å²) in [6, 6.07) is 6.18. The lowest BCUT2D eigenvalue weighted by atomic mass is 10.0. The average Bonchev–Trinajstić information content (AvgIpc) is 2.96. The molecule has 0 radical (unpaired) electrons. The Labute approximate surface area is 149 Å². The number of nitrogens with one attached hydrogen (secondary N) is 1. The summed E-state index contributed by atoms with van der Waals surface area (Å²) in [7, 11) is -2.55. The molecule has 0 saturated carbocycles. The van der Waals surface area contributed by atoms with Crippen molar-refractivity contribution in [3.05, 3.63) is 45.1 Å². The van der Waals surface area contributed by atoms with Crippen LogP contribution in [0, 0.1) is 6.92 Å². The summed E-state index contributed by atoms with van der Waals surface area (Å²) in [4.78, 5) is 12.2. The van der Waals surface area contributed by atoms with Gasteiger partial charge in [0.15, 0.2) is 5.60 Å². The summed E-state index contributed by atoms with van der Waals surface area (Å²) in [5.41, 5.74) is 4.65. The first-order chi connectivity index (χ1) is 11.1. The number of thiophene rings is 1. The van der Waals surface area contributed by atoms with Crippen LogP contribution in [-0.2, 0) is 25.2 Å². The van der Waals surface area contributed by atoms with Crippen LogP contribution < -0.4 is 10.5 Å². The molecule has 0 aliphatic heterocycles. The Balaban J connectivity index is 2.48. The van der Waals surface area contributed by atoms with E-state index in [-0.39, 0.29) is 10.6 Å². The number of hydrogen-bond donors (Lipinski definition) is 2. The maximum absolute atomic E-state index is 12.7. The Morgan fingerprint density at radius 1 is 1.38 bits per heavy atom. The first-order valence-electron chi connectivity index (χ1n) is 6.84. The number of amides is 1. The number of primary amides is 1. The summed E-state index contributed by atoms with van der Waals surface area (Å²) in [6.45, 7) is 3.11. The molecule has 130 valence electrons. The van der Waals surface area contributed by atoms with Crippen molar-refractivity contribution in [3.8, 4) is 0 Å². The molecular weight excluding hydrogens is 372 g/mol. The van der Waals surface area contributed by atoms with Crippen LogP contribution in [0.15, 0.2) is 34.5 Å². The zero-order valence-electron chi connectivity index (χ0n) is 13.3. The van der Waals surface area contributed by atoms with E-state index in [9.17, 15) is 13.2 Å². The third-order valence-electron chi connectivity index (χ3n) is 3.73. The molecule has 2 aromatic rings. The fraction of sp³-hybridized carbons (Fsp3) is 0.267. The van der Waals surface area contributed by atoms with E-state index < -0.39 is 21.5 Å². The maximum atomic E-state index is 12.7. The standard InChI is InChI=1S/C15H17ClN2O4S2/c1-9-10(16)5-4-6-12(9)24(20,21)18-11-7-8-23-13(11)15(2,22-3)14(17)19/h4-8,18H,1-3H3,(H2,17,19). The predicted molar refractivity (Wildman–Crippen MR) is 94.9 cm³/mol. The molecule has 0 bridgehead atoms. The highest BCUT2D eigenvalue weighted by molar-refractivity contribution is 7.92. The van der Waals surface area contributed by atoms with E-state index in [0.29, 0.717) is 15.5 Å². The minimum Gasteiger partial charge on any atom is -0.367 e. The van der Waals surface area contributed by atoms with Crippen molar-refractivity contribution in [2.24, 2.45) is 5.73 Å². The number of nitrogens with two attached hydrogens (primary N) is 1. The summed E-state index contributed by atoms with van der Waals surface area (Å²) in [5, 5.41) is 2.00. The number of ether oxygens (including phenoxy) is 1. The Hall–Kier alpha value is -1.61. The summed E-state index contributed by atoms with van der Waals surface area (Å²) >= 11 is 7.17. The largest absolute Gasteiger partial charge is 0.367 e. The lowest BCUT2D eigenvalue weighted by Gasteiger charge is -2.24. The normalized spacial score (nSPS) is 14.2. The number of anilines is 1. The second-order valence-electron chi connectivity index (χ2n) is 5.23. The number of hydrogen-bond acceptors (Lipinski definition) is 5. The molecule has 1 heterocycles. The molecule has 1 amide bonds. The molecule has 1 unspecified atom stereocenters. The first kappa shape index (κ1) is 18.7. The topological polar surface area (TPSA) is 98.5 Å². The van der Waals surface area contributed by atoms with Gasteiger partial charge in [0.05, 0.1) is 15.5 Å². The molecule has 24 heavy (non-hydrogen) atoms. The van der Waals surface area contributed by atoms with E-state index in [1.165, 1.54) is 31.4 Å². The second-order valence-corrected chi connectivity index (χ2v) is 8.21. The molecule has 0 fully saturated rings. The molecule has 0 aliphatic rings. The van der Waals surface area contributed by atoms with Crippen molar-refractivity contribution in [1.29, 1.82) is 0 Å². The van der Waals surface area contributed by atoms with E-state index in [1.807, 2.05) is 0 Å². The van der Waals surface area contributed by atoms with Crippen LogP contribution in [0.3, 0.4) is 0 Å². The van der Waals surface area contributed by atoms with Crippen LogP contribution in [0.1, 0.15) is 17.4 Å². The van der Waals surface area contributed by atoms with Crippen LogP contribution in [0.4, 0.5) is 5.69 Å². The number of rotatable bonds is 6. The van der Waals surface area contributed by atoms with Gasteiger partial charge in [0, 0.05) is 12.1 Å². The minimum atomic E-state index is -3.89. The van der Waals surface area contributed by atoms with Crippen molar-refractivity contribution < 1.29 is 17.9 Å². The zero-order valence-corrected chi connectivity index (χ0v) is 15.7. The van der Waals surface area contributed by atoms with Crippen LogP contribution >= 0.6 is 22.9 Å². The van der Waals surface area contributed by atoms with E-state index in [0.717, 1.165) is 0 Å². The molecule has 6 nitrogen and oxygen atoms in total. The monoisotopic (exact) mass is 388 g/mol. The van der Waals surface area contributed by atoms with Gasteiger partial charge in [0.25, 0.3) is 15.9 Å². The van der Waals surface area contributed by atoms with Gasteiger partial charge in [0.2, 0.25) is 0 Å². The second kappa shape index (κ2) is 6.72. The quantitative estimate of drug-likeness (QED) is 0.794. The molecule has 2 rings (SSSR count). The number of carbonyl (C=O) groups is 1. The van der Waals surface area contributed by atoms with E-state index in [1.54, 1.807) is 30.5 Å². The summed E-state index contributed by atoms with van der Waals surface area (Å²) in [5.74, 6) is -0.716. The van der Waals surface area contributed by atoms with Crippen LogP contribution in [0.2, 0.25) is 5.02 Å². The third-order valence-corrected chi connectivity index (χ3v) is 6.77. The van der Waals surface area contributed by atoms with Gasteiger partial charge in [0.1, 0.15) is 0 Å². The van der Waals surface area contributed by atoms with Gasteiger partial charge < -0.3 is 10.5 Å². The smallest absolute Gasteiger partial charge is 0.262 e. The Kier molecular flexibility index (Phi) is 5.24. The fourth-order valence-corrected chi connectivity index (χ4v) is 4.77. The lowest BCUT2D eigenvalue weighted by Crippen LogP contribution is -2.40. The molecule has 9 heteroatoms. The van der Waals surface area contributed by atoms with E-state index >= 15 is 0 Å². The van der Waals surface area contributed by atoms with Crippen LogP contribution in [-0.4, -0.2) is 21.4 Å². The SMILES string of the molecule is COC(C)(C(N)=O)c1sccc1NS(=O)(=O)c1cccc(Cl)c1C. The lowest BCUT2D eigenvalue weighted by molar-refractivity contribution is -0.138. The minimum absolute atomic E-state index is 0.0605. The predicted octanol–water partition coefficient (Wildman–Crippen LogP) is 2.86. The highest BCUT2D eigenvalue weighted by Crippen LogP contribution is 2.37. The molecule has 1 aromatic heterocycles. The average molecular weight is 389 g/mol. The Morgan fingerprint density at radius 2 is 2.04 bits per heavy atom. The number of carbonyl (C=O) groups excluding carboxylic acids is 1. The van der Waals surface area contributed by atoms with Gasteiger partial charge in [-0.25, -0.2) is 8.42 Å². The summed E-state index contributed by atoms with van der Waals surface area (Å²) in [6.07, 6.45) is 0. The highest BCUT2D eigenvalue weighted by atomic mass is 35.5. The molecule has 1 aromatic carbocycles. The van der Waals surface area contributed by atoms with E-state index in [2.05, 4.69) is 4.72 Å². The molecule has 0 saturated heterocycles. The zero-order chi connectivity index (χ0) is 18.1.